The number of pyridine rings is 1. The number of likely N-dealkylation sites (tertiary alicyclic amines) is 1. The summed E-state index contributed by atoms with van der Waals surface area (Å²) in [4.78, 5) is 60.1. The second kappa shape index (κ2) is 13.1. The smallest absolute Gasteiger partial charge is 0.363 e. The van der Waals surface area contributed by atoms with E-state index in [4.69, 9.17) is 4.98 Å². The number of imidazole rings is 1. The number of aryl methyl sites for hydroxylation is 1. The van der Waals surface area contributed by atoms with Gasteiger partial charge in [0.2, 0.25) is 11.9 Å². The van der Waals surface area contributed by atoms with Crippen LogP contribution < -0.4 is 10.6 Å². The Labute approximate surface area is 261 Å². The van der Waals surface area contributed by atoms with Crippen LogP contribution in [-0.2, 0) is 11.3 Å². The largest absolute Gasteiger partial charge is 0.378 e. The molecule has 0 radical (unpaired) electrons. The molecule has 0 saturated carbocycles. The molecule has 0 bridgehead atoms. The lowest BCUT2D eigenvalue weighted by atomic mass is 10.1. The molecule has 13 heteroatoms. The summed E-state index contributed by atoms with van der Waals surface area (Å²) in [6.45, 7) is 2.02. The van der Waals surface area contributed by atoms with Gasteiger partial charge in [0.15, 0.2) is 5.78 Å². The minimum absolute atomic E-state index is 0.0366. The number of rotatable bonds is 12. The molecule has 0 atom stereocenters. The zero-order chi connectivity index (χ0) is 31.3. The number of thiophene rings is 1. The van der Waals surface area contributed by atoms with Gasteiger partial charge in [0.25, 0.3) is 5.91 Å². The first kappa shape index (κ1) is 29.6. The SMILES string of the molecule is O=C(CNc1ccc2c(c1)nc(NC(=O)c1ccc(-c3ccc([N+](=O)[O-])nc3)s1)n2CCCN1CCCC1=O)c1ccccc1. The Morgan fingerprint density at radius 2 is 1.87 bits per heavy atom. The van der Waals surface area contributed by atoms with E-state index in [9.17, 15) is 24.5 Å². The van der Waals surface area contributed by atoms with Crippen LogP contribution in [0, 0.1) is 10.1 Å². The molecule has 12 nitrogen and oxygen atoms in total. The van der Waals surface area contributed by atoms with E-state index < -0.39 is 4.92 Å². The topological polar surface area (TPSA) is 152 Å². The Balaban J connectivity index is 1.21. The number of carbonyl (C=O) groups is 3. The number of hydrogen-bond donors (Lipinski definition) is 2. The minimum atomic E-state index is -0.560. The van der Waals surface area contributed by atoms with Gasteiger partial charge in [-0.3, -0.25) is 19.7 Å². The van der Waals surface area contributed by atoms with Crippen LogP contribution in [0.5, 0.6) is 0 Å². The van der Waals surface area contributed by atoms with Crippen molar-refractivity contribution in [3.05, 3.63) is 99.5 Å². The molecule has 6 rings (SSSR count). The van der Waals surface area contributed by atoms with E-state index in [0.717, 1.165) is 29.0 Å². The normalized spacial score (nSPS) is 12.9. The molecule has 1 aliphatic rings. The Morgan fingerprint density at radius 3 is 2.60 bits per heavy atom. The van der Waals surface area contributed by atoms with E-state index in [2.05, 4.69) is 15.6 Å². The lowest BCUT2D eigenvalue weighted by Crippen LogP contribution is -2.26. The van der Waals surface area contributed by atoms with Gasteiger partial charge in [-0.2, -0.15) is 0 Å². The Hall–Kier alpha value is -5.43. The van der Waals surface area contributed by atoms with E-state index >= 15 is 0 Å². The maximum atomic E-state index is 13.4. The van der Waals surface area contributed by atoms with Crippen molar-refractivity contribution in [2.45, 2.75) is 25.8 Å². The van der Waals surface area contributed by atoms with Crippen LogP contribution in [0.2, 0.25) is 0 Å². The molecule has 0 spiro atoms. The maximum Gasteiger partial charge on any atom is 0.363 e. The number of Topliss-reactive ketones (excluding diaryl/α,β-unsaturated/α-hetero) is 1. The van der Waals surface area contributed by atoms with Crippen molar-refractivity contribution in [1.29, 1.82) is 0 Å². The lowest BCUT2D eigenvalue weighted by molar-refractivity contribution is -0.389. The molecule has 1 saturated heterocycles. The number of aromatic nitrogens is 3. The van der Waals surface area contributed by atoms with Crippen LogP contribution in [0.3, 0.4) is 0 Å². The third-order valence-corrected chi connectivity index (χ3v) is 8.69. The van der Waals surface area contributed by atoms with Crippen LogP contribution >= 0.6 is 11.3 Å². The third-order valence-electron chi connectivity index (χ3n) is 7.55. The van der Waals surface area contributed by atoms with E-state index in [0.29, 0.717) is 53.4 Å². The zero-order valence-electron chi connectivity index (χ0n) is 24.1. The highest BCUT2D eigenvalue weighted by Gasteiger charge is 2.21. The number of nitro groups is 1. The fraction of sp³-hybridized carbons (Fsp3) is 0.219. The Kier molecular flexibility index (Phi) is 8.60. The predicted octanol–water partition coefficient (Wildman–Crippen LogP) is 5.63. The lowest BCUT2D eigenvalue weighted by Gasteiger charge is -2.16. The van der Waals surface area contributed by atoms with Gasteiger partial charge in [0.05, 0.1) is 22.5 Å². The molecule has 2 N–H and O–H groups in total. The number of carbonyl (C=O) groups excluding carboxylic acids is 3. The van der Waals surface area contributed by atoms with Crippen molar-refractivity contribution in [2.24, 2.45) is 0 Å². The van der Waals surface area contributed by atoms with Crippen LogP contribution in [0.15, 0.2) is 79.0 Å². The highest BCUT2D eigenvalue weighted by Crippen LogP contribution is 2.30. The molecule has 2 amide bonds. The molecule has 2 aromatic carbocycles. The summed E-state index contributed by atoms with van der Waals surface area (Å²) in [6, 6.07) is 21.1. The van der Waals surface area contributed by atoms with Gasteiger partial charge >= 0.3 is 5.82 Å². The van der Waals surface area contributed by atoms with Gasteiger partial charge in [-0.05, 0) is 59.1 Å². The summed E-state index contributed by atoms with van der Waals surface area (Å²) in [5.41, 5.74) is 3.46. The number of nitrogens with one attached hydrogen (secondary N) is 2. The van der Waals surface area contributed by atoms with Gasteiger partial charge in [0, 0.05) is 53.8 Å². The van der Waals surface area contributed by atoms with E-state index in [1.807, 2.05) is 45.9 Å². The number of ketones is 1. The molecular formula is C32H29N7O5S. The van der Waals surface area contributed by atoms with Crippen molar-refractivity contribution in [1.82, 2.24) is 19.4 Å². The number of amides is 2. The average molecular weight is 624 g/mol. The fourth-order valence-electron chi connectivity index (χ4n) is 5.25. The molecule has 1 fully saturated rings. The van der Waals surface area contributed by atoms with Gasteiger partial charge < -0.3 is 24.9 Å². The fourth-order valence-corrected chi connectivity index (χ4v) is 6.14. The van der Waals surface area contributed by atoms with Crippen molar-refractivity contribution < 1.29 is 19.3 Å². The number of nitrogens with zero attached hydrogens (tertiary/aromatic N) is 5. The first-order valence-corrected chi connectivity index (χ1v) is 15.3. The van der Waals surface area contributed by atoms with Crippen molar-refractivity contribution in [3.63, 3.8) is 0 Å². The number of fused-ring (bicyclic) bond motifs is 1. The van der Waals surface area contributed by atoms with Crippen molar-refractivity contribution in [2.75, 3.05) is 30.3 Å². The molecule has 45 heavy (non-hydrogen) atoms. The summed E-state index contributed by atoms with van der Waals surface area (Å²) < 4.78 is 1.93. The van der Waals surface area contributed by atoms with Crippen molar-refractivity contribution >= 4 is 57.4 Å². The van der Waals surface area contributed by atoms with Crippen LogP contribution in [0.4, 0.5) is 17.5 Å². The summed E-state index contributed by atoms with van der Waals surface area (Å²) in [5, 5.41) is 17.1. The van der Waals surface area contributed by atoms with Crippen LogP contribution in [0.1, 0.15) is 39.3 Å². The molecule has 3 aromatic heterocycles. The molecule has 0 unspecified atom stereocenters. The van der Waals surface area contributed by atoms with Gasteiger partial charge in [-0.1, -0.05) is 30.3 Å². The van der Waals surface area contributed by atoms with Crippen LogP contribution in [-0.4, -0.2) is 61.6 Å². The number of benzene rings is 2. The van der Waals surface area contributed by atoms with E-state index in [-0.39, 0.29) is 30.0 Å². The second-order valence-electron chi connectivity index (χ2n) is 10.6. The van der Waals surface area contributed by atoms with Crippen LogP contribution in [0.25, 0.3) is 21.5 Å². The van der Waals surface area contributed by atoms with Crippen molar-refractivity contribution in [3.8, 4) is 10.4 Å². The van der Waals surface area contributed by atoms with Gasteiger partial charge in [-0.15, -0.1) is 11.3 Å². The Bertz CT molecular complexity index is 1890. The number of hydrogen-bond acceptors (Lipinski definition) is 9. The Morgan fingerprint density at radius 1 is 1.02 bits per heavy atom. The molecule has 0 aliphatic carbocycles. The summed E-state index contributed by atoms with van der Waals surface area (Å²) >= 11 is 1.24. The number of anilines is 2. The molecule has 228 valence electrons. The predicted molar refractivity (Wildman–Crippen MR) is 172 cm³/mol. The summed E-state index contributed by atoms with van der Waals surface area (Å²) in [6.07, 6.45) is 3.54. The maximum absolute atomic E-state index is 13.4. The summed E-state index contributed by atoms with van der Waals surface area (Å²) in [5.74, 6) is -0.101. The van der Waals surface area contributed by atoms with Gasteiger partial charge in [-0.25, -0.2) is 4.98 Å². The highest BCUT2D eigenvalue weighted by atomic mass is 32.1. The van der Waals surface area contributed by atoms with E-state index in [1.54, 1.807) is 30.3 Å². The first-order chi connectivity index (χ1) is 21.9. The minimum Gasteiger partial charge on any atom is -0.378 e. The van der Waals surface area contributed by atoms with E-state index in [1.165, 1.54) is 23.6 Å². The highest BCUT2D eigenvalue weighted by molar-refractivity contribution is 7.17. The summed E-state index contributed by atoms with van der Waals surface area (Å²) in [7, 11) is 0. The standard InChI is InChI=1S/C32H29N7O5S/c40-26(21-6-2-1-3-7-21)20-33-23-10-11-25-24(18-23)35-32(38(25)17-5-16-37-15-4-8-30(37)41)36-31(42)28-13-12-27(45-28)22-9-14-29(34-19-22)39(43)44/h1-3,6-7,9-14,18-19,33H,4-5,8,15-17,20H2,(H,35,36,42). The average Bonchev–Trinajstić information content (AvgIpc) is 3.79. The first-order valence-electron chi connectivity index (χ1n) is 14.5. The molecule has 5 aromatic rings. The molecule has 4 heterocycles. The monoisotopic (exact) mass is 623 g/mol. The zero-order valence-corrected chi connectivity index (χ0v) is 25.0. The quantitative estimate of drug-likeness (QED) is 0.103. The van der Waals surface area contributed by atoms with Gasteiger partial charge in [0.1, 0.15) is 6.20 Å². The second-order valence-corrected chi connectivity index (χ2v) is 11.6. The molecule has 1 aliphatic heterocycles. The third kappa shape index (κ3) is 6.73. The molecular weight excluding hydrogens is 594 g/mol.